The standard InChI is InChI=1S/C20H27N3O2/c1-24-18-7-6-17(19(13-18)25-2)15-21-14-16-8-9-22-20(12-16)23-10-4-3-5-11-23/h6-9,12-13,21H,3-5,10-11,14-15H2,1-2H3. The van der Waals surface area contributed by atoms with Gasteiger partial charge in [0.15, 0.2) is 0 Å². The molecule has 0 amide bonds. The SMILES string of the molecule is COc1ccc(CNCc2ccnc(N3CCCCC3)c2)c(OC)c1. The second-order valence-corrected chi connectivity index (χ2v) is 6.35. The van der Waals surface area contributed by atoms with Crippen LogP contribution in [0.4, 0.5) is 5.82 Å². The Labute approximate surface area is 150 Å². The molecule has 2 aromatic rings. The number of nitrogens with zero attached hydrogens (tertiary/aromatic N) is 2. The van der Waals surface area contributed by atoms with E-state index in [0.29, 0.717) is 0 Å². The number of nitrogens with one attached hydrogen (secondary N) is 1. The summed E-state index contributed by atoms with van der Waals surface area (Å²) in [6.45, 7) is 3.78. The number of rotatable bonds is 7. The van der Waals surface area contributed by atoms with Crippen molar-refractivity contribution in [1.29, 1.82) is 0 Å². The number of piperidine rings is 1. The van der Waals surface area contributed by atoms with E-state index in [4.69, 9.17) is 9.47 Å². The van der Waals surface area contributed by atoms with Crippen LogP contribution in [0.3, 0.4) is 0 Å². The van der Waals surface area contributed by atoms with E-state index in [1.165, 1.54) is 24.8 Å². The maximum atomic E-state index is 5.45. The molecule has 1 aliphatic rings. The highest BCUT2D eigenvalue weighted by Gasteiger charge is 2.12. The molecule has 0 aliphatic carbocycles. The zero-order valence-electron chi connectivity index (χ0n) is 15.1. The summed E-state index contributed by atoms with van der Waals surface area (Å²) in [5.41, 5.74) is 2.37. The fraction of sp³-hybridized carbons (Fsp3) is 0.450. The Morgan fingerprint density at radius 1 is 1.00 bits per heavy atom. The van der Waals surface area contributed by atoms with Gasteiger partial charge in [-0.2, -0.15) is 0 Å². The summed E-state index contributed by atoms with van der Waals surface area (Å²) in [5.74, 6) is 2.75. The summed E-state index contributed by atoms with van der Waals surface area (Å²) in [6.07, 6.45) is 5.78. The van der Waals surface area contributed by atoms with Crippen LogP contribution in [0, 0.1) is 0 Å². The van der Waals surface area contributed by atoms with Gasteiger partial charge in [-0.25, -0.2) is 4.98 Å². The zero-order valence-corrected chi connectivity index (χ0v) is 15.1. The number of anilines is 1. The second-order valence-electron chi connectivity index (χ2n) is 6.35. The monoisotopic (exact) mass is 341 g/mol. The van der Waals surface area contributed by atoms with Gasteiger partial charge in [-0.15, -0.1) is 0 Å². The van der Waals surface area contributed by atoms with Gasteiger partial charge in [-0.05, 0) is 43.0 Å². The van der Waals surface area contributed by atoms with Crippen LogP contribution in [-0.2, 0) is 13.1 Å². The van der Waals surface area contributed by atoms with Crippen LogP contribution in [-0.4, -0.2) is 32.3 Å². The van der Waals surface area contributed by atoms with Gasteiger partial charge in [0.25, 0.3) is 0 Å². The Hall–Kier alpha value is -2.27. The second kappa shape index (κ2) is 8.72. The Morgan fingerprint density at radius 2 is 1.84 bits per heavy atom. The molecular formula is C20H27N3O2. The molecule has 25 heavy (non-hydrogen) atoms. The number of methoxy groups -OCH3 is 2. The number of hydrogen-bond donors (Lipinski definition) is 1. The number of aromatic nitrogens is 1. The molecule has 0 atom stereocenters. The molecule has 1 aromatic carbocycles. The normalized spacial score (nSPS) is 14.4. The van der Waals surface area contributed by atoms with Crippen molar-refractivity contribution in [3.8, 4) is 11.5 Å². The van der Waals surface area contributed by atoms with Gasteiger partial charge in [0.1, 0.15) is 17.3 Å². The van der Waals surface area contributed by atoms with Crippen molar-refractivity contribution in [2.75, 3.05) is 32.2 Å². The van der Waals surface area contributed by atoms with Crippen molar-refractivity contribution in [1.82, 2.24) is 10.3 Å². The van der Waals surface area contributed by atoms with E-state index in [2.05, 4.69) is 27.3 Å². The van der Waals surface area contributed by atoms with E-state index in [1.54, 1.807) is 14.2 Å². The van der Waals surface area contributed by atoms with Crippen LogP contribution < -0.4 is 19.7 Å². The van der Waals surface area contributed by atoms with Gasteiger partial charge in [0.2, 0.25) is 0 Å². The molecule has 1 N–H and O–H groups in total. The molecule has 1 aromatic heterocycles. The van der Waals surface area contributed by atoms with Gasteiger partial charge >= 0.3 is 0 Å². The molecule has 5 heteroatoms. The first-order chi connectivity index (χ1) is 12.3. The first kappa shape index (κ1) is 17.5. The van der Waals surface area contributed by atoms with Crippen LogP contribution in [0.15, 0.2) is 36.5 Å². The fourth-order valence-electron chi connectivity index (χ4n) is 3.21. The quantitative estimate of drug-likeness (QED) is 0.836. The van der Waals surface area contributed by atoms with Gasteiger partial charge in [0, 0.05) is 44.0 Å². The third kappa shape index (κ3) is 4.63. The van der Waals surface area contributed by atoms with E-state index >= 15 is 0 Å². The van der Waals surface area contributed by atoms with Crippen molar-refractivity contribution in [3.05, 3.63) is 47.7 Å². The highest BCUT2D eigenvalue weighted by atomic mass is 16.5. The van der Waals surface area contributed by atoms with Gasteiger partial charge < -0.3 is 19.7 Å². The lowest BCUT2D eigenvalue weighted by Crippen LogP contribution is -2.30. The summed E-state index contributed by atoms with van der Waals surface area (Å²) in [6, 6.07) is 10.2. The third-order valence-corrected chi connectivity index (χ3v) is 4.63. The third-order valence-electron chi connectivity index (χ3n) is 4.63. The molecule has 2 heterocycles. The molecule has 5 nitrogen and oxygen atoms in total. The molecule has 134 valence electrons. The molecule has 1 saturated heterocycles. The van der Waals surface area contributed by atoms with Crippen molar-refractivity contribution in [3.63, 3.8) is 0 Å². The smallest absolute Gasteiger partial charge is 0.128 e. The van der Waals surface area contributed by atoms with Crippen LogP contribution in [0.5, 0.6) is 11.5 Å². The zero-order chi connectivity index (χ0) is 17.5. The molecule has 0 spiro atoms. The Balaban J connectivity index is 1.59. The van der Waals surface area contributed by atoms with Crippen LogP contribution >= 0.6 is 0 Å². The topological polar surface area (TPSA) is 46.6 Å². The molecule has 0 radical (unpaired) electrons. The van der Waals surface area contributed by atoms with E-state index in [1.807, 2.05) is 24.4 Å². The summed E-state index contributed by atoms with van der Waals surface area (Å²) in [5, 5.41) is 3.49. The minimum Gasteiger partial charge on any atom is -0.497 e. The maximum Gasteiger partial charge on any atom is 0.128 e. The summed E-state index contributed by atoms with van der Waals surface area (Å²) < 4.78 is 10.7. The lowest BCUT2D eigenvalue weighted by Gasteiger charge is -2.27. The minimum atomic E-state index is 0.745. The highest BCUT2D eigenvalue weighted by Crippen LogP contribution is 2.24. The number of pyridine rings is 1. The lowest BCUT2D eigenvalue weighted by molar-refractivity contribution is 0.390. The van der Waals surface area contributed by atoms with E-state index < -0.39 is 0 Å². The Bertz CT molecular complexity index is 684. The molecule has 0 bridgehead atoms. The van der Waals surface area contributed by atoms with E-state index in [0.717, 1.165) is 49.1 Å². The fourth-order valence-corrected chi connectivity index (χ4v) is 3.21. The van der Waals surface area contributed by atoms with Crippen LogP contribution in [0.25, 0.3) is 0 Å². The van der Waals surface area contributed by atoms with E-state index in [-0.39, 0.29) is 0 Å². The predicted molar refractivity (Wildman–Crippen MR) is 100 cm³/mol. The van der Waals surface area contributed by atoms with Gasteiger partial charge in [0.05, 0.1) is 14.2 Å². The molecule has 0 unspecified atom stereocenters. The average molecular weight is 341 g/mol. The average Bonchev–Trinajstić information content (AvgIpc) is 2.69. The first-order valence-corrected chi connectivity index (χ1v) is 8.91. The number of ether oxygens (including phenoxy) is 2. The van der Waals surface area contributed by atoms with Gasteiger partial charge in [-0.1, -0.05) is 6.07 Å². The van der Waals surface area contributed by atoms with E-state index in [9.17, 15) is 0 Å². The molecular weight excluding hydrogens is 314 g/mol. The predicted octanol–water partition coefficient (Wildman–Crippen LogP) is 3.38. The minimum absolute atomic E-state index is 0.745. The van der Waals surface area contributed by atoms with Crippen molar-refractivity contribution in [2.24, 2.45) is 0 Å². The first-order valence-electron chi connectivity index (χ1n) is 8.91. The maximum absolute atomic E-state index is 5.45. The Kier molecular flexibility index (Phi) is 6.12. The molecule has 3 rings (SSSR count). The van der Waals surface area contributed by atoms with Gasteiger partial charge in [-0.3, -0.25) is 0 Å². The Morgan fingerprint density at radius 3 is 2.60 bits per heavy atom. The summed E-state index contributed by atoms with van der Waals surface area (Å²) in [4.78, 5) is 6.93. The summed E-state index contributed by atoms with van der Waals surface area (Å²) in [7, 11) is 3.35. The summed E-state index contributed by atoms with van der Waals surface area (Å²) >= 11 is 0. The number of hydrogen-bond acceptors (Lipinski definition) is 5. The molecule has 1 aliphatic heterocycles. The highest BCUT2D eigenvalue weighted by molar-refractivity contribution is 5.42. The van der Waals surface area contributed by atoms with Crippen LogP contribution in [0.2, 0.25) is 0 Å². The molecule has 0 saturated carbocycles. The van der Waals surface area contributed by atoms with Crippen molar-refractivity contribution >= 4 is 5.82 Å². The lowest BCUT2D eigenvalue weighted by atomic mass is 10.1. The van der Waals surface area contributed by atoms with Crippen molar-refractivity contribution in [2.45, 2.75) is 32.4 Å². The van der Waals surface area contributed by atoms with Crippen molar-refractivity contribution < 1.29 is 9.47 Å². The number of benzene rings is 1. The van der Waals surface area contributed by atoms with Crippen LogP contribution in [0.1, 0.15) is 30.4 Å². The largest absolute Gasteiger partial charge is 0.497 e. The molecule has 1 fully saturated rings.